The third-order valence-corrected chi connectivity index (χ3v) is 11.1. The molecule has 11 nitrogen and oxygen atoms in total. The molecular weight excluding hydrogens is 696 g/mol. The molecule has 14 heteroatoms. The third kappa shape index (κ3) is 8.73. The van der Waals surface area contributed by atoms with E-state index in [4.69, 9.17) is 4.42 Å². The van der Waals surface area contributed by atoms with Crippen molar-refractivity contribution in [3.05, 3.63) is 71.5 Å². The highest BCUT2D eigenvalue weighted by molar-refractivity contribution is 7.92. The van der Waals surface area contributed by atoms with Gasteiger partial charge in [0.15, 0.2) is 0 Å². The fourth-order valence-corrected chi connectivity index (χ4v) is 8.27. The van der Waals surface area contributed by atoms with Crippen molar-refractivity contribution in [2.45, 2.75) is 64.8 Å². The zero-order valence-electron chi connectivity index (χ0n) is 29.8. The maximum Gasteiger partial charge on any atom is 0.255 e. The summed E-state index contributed by atoms with van der Waals surface area (Å²) in [5.74, 6) is -1.26. The maximum absolute atomic E-state index is 13.9. The molecule has 0 saturated carbocycles. The van der Waals surface area contributed by atoms with E-state index in [1.54, 1.807) is 24.3 Å². The summed E-state index contributed by atoms with van der Waals surface area (Å²) in [6, 6.07) is 13.4. The van der Waals surface area contributed by atoms with E-state index in [1.165, 1.54) is 46.0 Å². The van der Waals surface area contributed by atoms with E-state index in [0.29, 0.717) is 34.9 Å². The average molecular weight is 741 g/mol. The van der Waals surface area contributed by atoms with Gasteiger partial charge in [-0.2, -0.15) is 0 Å². The molecule has 1 aliphatic rings. The van der Waals surface area contributed by atoms with Crippen LogP contribution in [0.4, 0.5) is 15.8 Å². The number of hydrogen-bond donors (Lipinski definition) is 2. The van der Waals surface area contributed by atoms with Crippen LogP contribution in [0.25, 0.3) is 33.4 Å². The highest BCUT2D eigenvalue weighted by Crippen LogP contribution is 2.43. The van der Waals surface area contributed by atoms with Gasteiger partial charge in [-0.1, -0.05) is 25.7 Å². The molecule has 0 spiro atoms. The number of sulfonamides is 2. The van der Waals surface area contributed by atoms with E-state index in [9.17, 15) is 30.8 Å². The van der Waals surface area contributed by atoms with Crippen LogP contribution in [0.5, 0.6) is 0 Å². The number of nitrogens with zero attached hydrogens (tertiary/aromatic N) is 2. The molecule has 5 rings (SSSR count). The SMILES string of the molecule is CNC(=O)c1c(-c2ccc(F)cc2)oc2cc3c(cc12)-c1cc(C(=O)NC(C)(C)C)cc(c1)N(S(C)(=O)=O)CCCCCCCCN3S(C)(=O)=O. The van der Waals surface area contributed by atoms with E-state index in [1.807, 2.05) is 20.8 Å². The first kappa shape index (κ1) is 37.8. The standard InChI is InChI=1S/C37H45FN4O7S2/c1-37(2,3)40-35(43)26-19-25-20-28(21-26)41(50(5,45)46)17-11-9-7-8-10-12-18-42(51(6,47)48)31-23-32-30(22-29(25)31)33(36(44)39-4)34(49-32)24-13-15-27(38)16-14-24/h13-16,19-23H,7-12,17-18H2,1-6H3,(H,39,44)(H,40,43). The Bertz CT molecular complexity index is 2170. The minimum absolute atomic E-state index is 0.142. The summed E-state index contributed by atoms with van der Waals surface area (Å²) in [7, 11) is -6.24. The molecule has 2 N–H and O–H groups in total. The van der Waals surface area contributed by atoms with Gasteiger partial charge in [0.25, 0.3) is 11.8 Å². The lowest BCUT2D eigenvalue weighted by molar-refractivity contribution is 0.0918. The molecule has 1 aliphatic heterocycles. The molecule has 274 valence electrons. The molecule has 2 bridgehead atoms. The van der Waals surface area contributed by atoms with Crippen LogP contribution in [0.15, 0.2) is 59.0 Å². The van der Waals surface area contributed by atoms with Gasteiger partial charge in [0.05, 0.1) is 29.4 Å². The fourth-order valence-electron chi connectivity index (χ4n) is 6.35. The number of furan rings is 1. The van der Waals surface area contributed by atoms with Crippen molar-refractivity contribution >= 4 is 54.2 Å². The summed E-state index contributed by atoms with van der Waals surface area (Å²) in [6.07, 6.45) is 6.57. The van der Waals surface area contributed by atoms with Gasteiger partial charge in [0.2, 0.25) is 20.0 Å². The van der Waals surface area contributed by atoms with Crippen LogP contribution in [0.1, 0.15) is 80.0 Å². The Kier molecular flexibility index (Phi) is 10.9. The monoisotopic (exact) mass is 740 g/mol. The summed E-state index contributed by atoms with van der Waals surface area (Å²) in [5, 5.41) is 5.92. The first-order valence-electron chi connectivity index (χ1n) is 16.9. The van der Waals surface area contributed by atoms with Gasteiger partial charge in [-0.15, -0.1) is 0 Å². The minimum atomic E-state index is -3.89. The van der Waals surface area contributed by atoms with Crippen molar-refractivity contribution in [1.82, 2.24) is 10.6 Å². The number of carbonyl (C=O) groups is 2. The van der Waals surface area contributed by atoms with Gasteiger partial charge in [-0.25, -0.2) is 21.2 Å². The molecule has 0 unspecified atom stereocenters. The molecule has 51 heavy (non-hydrogen) atoms. The van der Waals surface area contributed by atoms with E-state index >= 15 is 0 Å². The van der Waals surface area contributed by atoms with Gasteiger partial charge in [-0.3, -0.25) is 18.2 Å². The molecule has 2 heterocycles. The Hall–Kier alpha value is -4.43. The van der Waals surface area contributed by atoms with Gasteiger partial charge in [-0.05, 0) is 87.7 Å². The van der Waals surface area contributed by atoms with Crippen LogP contribution in [-0.2, 0) is 20.0 Å². The van der Waals surface area contributed by atoms with Crippen molar-refractivity contribution in [3.8, 4) is 22.5 Å². The number of amides is 2. The highest BCUT2D eigenvalue weighted by Gasteiger charge is 2.29. The largest absolute Gasteiger partial charge is 0.455 e. The van der Waals surface area contributed by atoms with Crippen LogP contribution >= 0.6 is 0 Å². The number of hydrogen-bond acceptors (Lipinski definition) is 7. The summed E-state index contributed by atoms with van der Waals surface area (Å²) in [4.78, 5) is 27.2. The number of fused-ring (bicyclic) bond motifs is 5. The van der Waals surface area contributed by atoms with Crippen molar-refractivity contribution in [2.75, 3.05) is 41.3 Å². The Labute approximate surface area is 299 Å². The lowest BCUT2D eigenvalue weighted by Crippen LogP contribution is -2.40. The Morgan fingerprint density at radius 3 is 1.92 bits per heavy atom. The predicted molar refractivity (Wildman–Crippen MR) is 200 cm³/mol. The number of nitrogens with one attached hydrogen (secondary N) is 2. The quantitative estimate of drug-likeness (QED) is 0.232. The summed E-state index contributed by atoms with van der Waals surface area (Å²) in [6.45, 7) is 5.82. The van der Waals surface area contributed by atoms with Gasteiger partial charge >= 0.3 is 0 Å². The topological polar surface area (TPSA) is 146 Å². The number of halogens is 1. The summed E-state index contributed by atoms with van der Waals surface area (Å²) >= 11 is 0. The number of benzene rings is 3. The number of carbonyl (C=O) groups excluding carboxylic acids is 2. The van der Waals surface area contributed by atoms with Gasteiger partial charge in [0.1, 0.15) is 17.2 Å². The summed E-state index contributed by atoms with van der Waals surface area (Å²) in [5.41, 5.74) is 1.48. The molecule has 0 radical (unpaired) electrons. The third-order valence-electron chi connectivity index (χ3n) is 8.68. The molecule has 0 aliphatic carbocycles. The average Bonchev–Trinajstić information content (AvgIpc) is 3.40. The van der Waals surface area contributed by atoms with Gasteiger partial charge in [0, 0.05) is 53.8 Å². The zero-order chi connectivity index (χ0) is 37.3. The van der Waals surface area contributed by atoms with Crippen LogP contribution in [0.3, 0.4) is 0 Å². The second-order valence-corrected chi connectivity index (χ2v) is 17.8. The van der Waals surface area contributed by atoms with Crippen LogP contribution in [-0.4, -0.2) is 66.8 Å². The molecule has 3 aromatic carbocycles. The molecule has 0 fully saturated rings. The normalized spacial score (nSPS) is 15.1. The van der Waals surface area contributed by atoms with Crippen molar-refractivity contribution in [2.24, 2.45) is 0 Å². The second kappa shape index (κ2) is 14.7. The molecule has 1 aromatic heterocycles. The predicted octanol–water partition coefficient (Wildman–Crippen LogP) is 6.68. The Morgan fingerprint density at radius 2 is 1.35 bits per heavy atom. The van der Waals surface area contributed by atoms with Crippen LogP contribution < -0.4 is 19.2 Å². The minimum Gasteiger partial charge on any atom is -0.455 e. The molecule has 0 atom stereocenters. The first-order valence-corrected chi connectivity index (χ1v) is 20.6. The first-order chi connectivity index (χ1) is 23.9. The van der Waals surface area contributed by atoms with E-state index in [2.05, 4.69) is 10.6 Å². The maximum atomic E-state index is 13.9. The van der Waals surface area contributed by atoms with Crippen LogP contribution in [0, 0.1) is 5.82 Å². The number of anilines is 2. The van der Waals surface area contributed by atoms with E-state index in [-0.39, 0.29) is 46.9 Å². The number of rotatable bonds is 5. The lowest BCUT2D eigenvalue weighted by Gasteiger charge is -2.27. The van der Waals surface area contributed by atoms with Crippen LogP contribution in [0.2, 0.25) is 0 Å². The summed E-state index contributed by atoms with van der Waals surface area (Å²) < 4.78 is 76.4. The lowest BCUT2D eigenvalue weighted by atomic mass is 9.96. The second-order valence-electron chi connectivity index (χ2n) is 14.0. The molecule has 0 saturated heterocycles. The molecular formula is C37H45FN4O7S2. The fraction of sp³-hybridized carbons (Fsp3) is 0.405. The Balaban J connectivity index is 1.91. The van der Waals surface area contributed by atoms with Gasteiger partial charge < -0.3 is 15.1 Å². The van der Waals surface area contributed by atoms with Crippen molar-refractivity contribution in [3.63, 3.8) is 0 Å². The van der Waals surface area contributed by atoms with Crippen molar-refractivity contribution < 1.29 is 35.2 Å². The molecule has 2 amide bonds. The molecule has 4 aromatic rings. The van der Waals surface area contributed by atoms with E-state index < -0.39 is 43.2 Å². The smallest absolute Gasteiger partial charge is 0.255 e. The van der Waals surface area contributed by atoms with Crippen molar-refractivity contribution in [1.29, 1.82) is 0 Å². The Morgan fingerprint density at radius 1 is 0.765 bits per heavy atom. The highest BCUT2D eigenvalue weighted by atomic mass is 32.2. The van der Waals surface area contributed by atoms with E-state index in [0.717, 1.165) is 38.2 Å². The zero-order valence-corrected chi connectivity index (χ0v) is 31.4.